The van der Waals surface area contributed by atoms with Crippen molar-refractivity contribution in [1.82, 2.24) is 0 Å². The van der Waals surface area contributed by atoms with E-state index in [2.05, 4.69) is 6.92 Å². The van der Waals surface area contributed by atoms with Gasteiger partial charge in [0.15, 0.2) is 6.10 Å². The van der Waals surface area contributed by atoms with Crippen molar-refractivity contribution >= 4 is 11.9 Å². The molecule has 19 heavy (non-hydrogen) atoms. The molecule has 0 aliphatic rings. The van der Waals surface area contributed by atoms with E-state index in [1.54, 1.807) is 0 Å². The number of carboxylic acids is 1. The molecule has 0 aliphatic heterocycles. The number of hydrogen-bond acceptors (Lipinski definition) is 5. The van der Waals surface area contributed by atoms with Gasteiger partial charge in [-0.25, -0.2) is 4.79 Å². The molecule has 0 saturated carbocycles. The van der Waals surface area contributed by atoms with Crippen molar-refractivity contribution in [3.63, 3.8) is 0 Å². The first kappa shape index (κ1) is 21.2. The molecule has 0 aromatic rings. The molecule has 0 aliphatic carbocycles. The van der Waals surface area contributed by atoms with E-state index in [9.17, 15) is 19.8 Å². The van der Waals surface area contributed by atoms with Crippen LogP contribution in [0.5, 0.6) is 0 Å². The summed E-state index contributed by atoms with van der Waals surface area (Å²) >= 11 is 0. The Labute approximate surface area is 137 Å². The van der Waals surface area contributed by atoms with Crippen LogP contribution < -0.4 is 34.7 Å². The molecule has 0 unspecified atom stereocenters. The Morgan fingerprint density at radius 1 is 1.16 bits per heavy atom. The first-order valence-electron chi connectivity index (χ1n) is 6.62. The molecule has 0 heterocycles. The van der Waals surface area contributed by atoms with Gasteiger partial charge in [-0.3, -0.25) is 0 Å². The van der Waals surface area contributed by atoms with Crippen LogP contribution in [0.2, 0.25) is 0 Å². The van der Waals surface area contributed by atoms with Gasteiger partial charge >= 0.3 is 35.5 Å². The number of esters is 1. The third-order valence-electron chi connectivity index (χ3n) is 2.64. The van der Waals surface area contributed by atoms with E-state index in [0.717, 1.165) is 19.3 Å². The average Bonchev–Trinajstić information content (AvgIpc) is 2.34. The van der Waals surface area contributed by atoms with E-state index in [1.165, 1.54) is 19.3 Å². The van der Waals surface area contributed by atoms with Crippen LogP contribution in [0.4, 0.5) is 0 Å². The number of rotatable bonds is 11. The van der Waals surface area contributed by atoms with E-state index in [1.807, 2.05) is 0 Å². The Kier molecular flexibility index (Phi) is 16.0. The van der Waals surface area contributed by atoms with Gasteiger partial charge in [-0.2, -0.15) is 0 Å². The molecular weight excluding hydrogens is 259 g/mol. The molecule has 0 fully saturated rings. The molecule has 6 heteroatoms. The fourth-order valence-electron chi connectivity index (χ4n) is 1.52. The zero-order valence-corrected chi connectivity index (χ0v) is 14.0. The number of aliphatic carboxylic acids is 1. The van der Waals surface area contributed by atoms with Crippen molar-refractivity contribution in [2.24, 2.45) is 0 Å². The second-order valence-electron chi connectivity index (χ2n) is 4.36. The molecular formula is C13H23NaO5. The second kappa shape index (κ2) is 14.3. The largest absolute Gasteiger partial charge is 1.00 e. The van der Waals surface area contributed by atoms with E-state index in [0.29, 0.717) is 0 Å². The number of carboxylic acid groups (broad SMARTS) is 1. The summed E-state index contributed by atoms with van der Waals surface area (Å²) in [5, 5.41) is 19.4. The summed E-state index contributed by atoms with van der Waals surface area (Å²) in [6.07, 6.45) is 4.66. The van der Waals surface area contributed by atoms with Crippen LogP contribution in [0.3, 0.4) is 0 Å². The fraction of sp³-hybridized carbons (Fsp3) is 0.846. The number of carbonyl (C=O) groups excluding carboxylic acids is 2. The number of unbranched alkanes of at least 4 members (excludes halogenated alkanes) is 5. The Morgan fingerprint density at radius 3 is 2.32 bits per heavy atom. The SMILES string of the molecule is CCCCCCCCOC(=O)[C@@H](O)CCC(=O)[O-].[Na+]. The van der Waals surface area contributed by atoms with Crippen LogP contribution in [0, 0.1) is 0 Å². The Hall–Kier alpha value is -0.100. The normalized spacial score (nSPS) is 11.5. The molecule has 5 nitrogen and oxygen atoms in total. The van der Waals surface area contributed by atoms with Gasteiger partial charge in [-0.15, -0.1) is 0 Å². The quantitative estimate of drug-likeness (QED) is 0.264. The van der Waals surface area contributed by atoms with Gasteiger partial charge in [0.25, 0.3) is 0 Å². The van der Waals surface area contributed by atoms with Crippen LogP contribution in [0.1, 0.15) is 58.3 Å². The number of carbonyl (C=O) groups is 2. The molecule has 106 valence electrons. The smallest absolute Gasteiger partial charge is 0.550 e. The summed E-state index contributed by atoms with van der Waals surface area (Å²) < 4.78 is 4.84. The molecule has 0 rings (SSSR count). The third kappa shape index (κ3) is 14.1. The number of hydrogen-bond donors (Lipinski definition) is 1. The summed E-state index contributed by atoms with van der Waals surface area (Å²) in [4.78, 5) is 21.3. The van der Waals surface area contributed by atoms with Crippen LogP contribution >= 0.6 is 0 Å². The third-order valence-corrected chi connectivity index (χ3v) is 2.64. The van der Waals surface area contributed by atoms with Gasteiger partial charge in [0.2, 0.25) is 0 Å². The minimum absolute atomic E-state index is 0. The van der Waals surface area contributed by atoms with Gasteiger partial charge in [0, 0.05) is 5.97 Å². The molecule has 0 aromatic carbocycles. The van der Waals surface area contributed by atoms with Crippen LogP contribution in [-0.4, -0.2) is 29.8 Å². The van der Waals surface area contributed by atoms with Crippen LogP contribution in [-0.2, 0) is 14.3 Å². The van der Waals surface area contributed by atoms with Crippen molar-refractivity contribution in [2.45, 2.75) is 64.4 Å². The minimum Gasteiger partial charge on any atom is -0.550 e. The monoisotopic (exact) mass is 282 g/mol. The maximum atomic E-state index is 11.2. The van der Waals surface area contributed by atoms with Gasteiger partial charge in [-0.1, -0.05) is 39.0 Å². The minimum atomic E-state index is -1.36. The van der Waals surface area contributed by atoms with E-state index in [-0.39, 0.29) is 49.0 Å². The Balaban J connectivity index is 0. The second-order valence-corrected chi connectivity index (χ2v) is 4.36. The van der Waals surface area contributed by atoms with Crippen molar-refractivity contribution in [1.29, 1.82) is 0 Å². The van der Waals surface area contributed by atoms with E-state index in [4.69, 9.17) is 4.74 Å². The van der Waals surface area contributed by atoms with Crippen molar-refractivity contribution in [2.75, 3.05) is 6.61 Å². The zero-order valence-electron chi connectivity index (χ0n) is 12.0. The van der Waals surface area contributed by atoms with Crippen LogP contribution in [0.25, 0.3) is 0 Å². The predicted molar refractivity (Wildman–Crippen MR) is 64.6 cm³/mol. The maximum Gasteiger partial charge on any atom is 1.00 e. The van der Waals surface area contributed by atoms with Gasteiger partial charge in [0.1, 0.15) is 0 Å². The predicted octanol–water partition coefficient (Wildman–Crippen LogP) is -2.21. The summed E-state index contributed by atoms with van der Waals surface area (Å²) in [5.41, 5.74) is 0. The van der Waals surface area contributed by atoms with Gasteiger partial charge in [-0.05, 0) is 19.3 Å². The van der Waals surface area contributed by atoms with E-state index >= 15 is 0 Å². The first-order valence-corrected chi connectivity index (χ1v) is 6.62. The fourth-order valence-corrected chi connectivity index (χ4v) is 1.52. The van der Waals surface area contributed by atoms with Crippen molar-refractivity contribution in [3.8, 4) is 0 Å². The van der Waals surface area contributed by atoms with Crippen molar-refractivity contribution in [3.05, 3.63) is 0 Å². The van der Waals surface area contributed by atoms with Crippen molar-refractivity contribution < 1.29 is 54.1 Å². The average molecular weight is 282 g/mol. The molecule has 0 bridgehead atoms. The number of aliphatic hydroxyl groups excluding tert-OH is 1. The zero-order chi connectivity index (χ0) is 13.8. The maximum absolute atomic E-state index is 11.2. The van der Waals surface area contributed by atoms with Gasteiger partial charge < -0.3 is 19.7 Å². The topological polar surface area (TPSA) is 86.7 Å². The summed E-state index contributed by atoms with van der Waals surface area (Å²) in [7, 11) is 0. The summed E-state index contributed by atoms with van der Waals surface area (Å²) in [6.45, 7) is 2.43. The molecule has 0 amide bonds. The molecule has 0 aromatic heterocycles. The Morgan fingerprint density at radius 2 is 1.74 bits per heavy atom. The first-order chi connectivity index (χ1) is 8.57. The number of aliphatic hydroxyl groups is 1. The standard InChI is InChI=1S/C13H24O5.Na/c1-2-3-4-5-6-7-10-18-13(17)11(14)8-9-12(15)16;/h11,14H,2-10H2,1H3,(H,15,16);/q;+1/p-1/t11-;/m0./s1. The summed E-state index contributed by atoms with van der Waals surface area (Å²) in [5.74, 6) is -2.03. The molecule has 0 spiro atoms. The Bertz CT molecular complexity index is 245. The summed E-state index contributed by atoms with van der Waals surface area (Å²) in [6, 6.07) is 0. The molecule has 1 atom stereocenters. The molecule has 0 saturated heterocycles. The number of ether oxygens (including phenoxy) is 1. The van der Waals surface area contributed by atoms with E-state index < -0.39 is 18.0 Å². The van der Waals surface area contributed by atoms with Gasteiger partial charge in [0.05, 0.1) is 6.61 Å². The molecule has 0 radical (unpaired) electrons. The van der Waals surface area contributed by atoms with Crippen LogP contribution in [0.15, 0.2) is 0 Å². The molecule has 1 N–H and O–H groups in total.